The van der Waals surface area contributed by atoms with Crippen LogP contribution in [0.2, 0.25) is 0 Å². The van der Waals surface area contributed by atoms with Gasteiger partial charge in [-0.1, -0.05) is 12.1 Å². The summed E-state index contributed by atoms with van der Waals surface area (Å²) in [4.78, 5) is 0. The Kier molecular flexibility index (Phi) is 3.51. The lowest BCUT2D eigenvalue weighted by Crippen LogP contribution is -2.00. The van der Waals surface area contributed by atoms with E-state index in [1.54, 1.807) is 25.1 Å². The number of phenols is 1. The first kappa shape index (κ1) is 12.4. The van der Waals surface area contributed by atoms with Gasteiger partial charge >= 0.3 is 0 Å². The molecule has 0 unspecified atom stereocenters. The van der Waals surface area contributed by atoms with Crippen LogP contribution in [0.15, 0.2) is 36.4 Å². The minimum Gasteiger partial charge on any atom is -0.508 e. The van der Waals surface area contributed by atoms with E-state index in [0.717, 1.165) is 16.8 Å². The molecule has 18 heavy (non-hydrogen) atoms. The van der Waals surface area contributed by atoms with E-state index in [0.29, 0.717) is 12.1 Å². The zero-order chi connectivity index (χ0) is 13.1. The lowest BCUT2D eigenvalue weighted by molar-refractivity contribution is 0.471. The van der Waals surface area contributed by atoms with Crippen LogP contribution >= 0.6 is 0 Å². The lowest BCUT2D eigenvalue weighted by Gasteiger charge is -2.09. The number of aryl methyl sites for hydroxylation is 2. The minimum atomic E-state index is -0.184. The summed E-state index contributed by atoms with van der Waals surface area (Å²) >= 11 is 0. The molecule has 2 aromatic carbocycles. The SMILES string of the molecule is Cc1cc(NCc2ccc(C)c(F)c2)ccc1O. The molecule has 0 bridgehead atoms. The summed E-state index contributed by atoms with van der Waals surface area (Å²) in [5.41, 5.74) is 3.27. The highest BCUT2D eigenvalue weighted by atomic mass is 19.1. The monoisotopic (exact) mass is 245 g/mol. The number of aromatic hydroxyl groups is 1. The highest BCUT2D eigenvalue weighted by Crippen LogP contribution is 2.20. The van der Waals surface area contributed by atoms with E-state index < -0.39 is 0 Å². The number of halogens is 1. The second-order valence-electron chi connectivity index (χ2n) is 4.44. The third kappa shape index (κ3) is 2.80. The van der Waals surface area contributed by atoms with Gasteiger partial charge in [0, 0.05) is 12.2 Å². The fraction of sp³-hybridized carbons (Fsp3) is 0.200. The lowest BCUT2D eigenvalue weighted by atomic mass is 10.1. The summed E-state index contributed by atoms with van der Waals surface area (Å²) in [6.07, 6.45) is 0. The van der Waals surface area contributed by atoms with Gasteiger partial charge in [-0.3, -0.25) is 0 Å². The Hall–Kier alpha value is -2.03. The van der Waals surface area contributed by atoms with E-state index in [9.17, 15) is 9.50 Å². The molecular weight excluding hydrogens is 229 g/mol. The summed E-state index contributed by atoms with van der Waals surface area (Å²) in [6.45, 7) is 4.14. The first-order valence-electron chi connectivity index (χ1n) is 5.85. The third-order valence-electron chi connectivity index (χ3n) is 2.93. The molecule has 0 atom stereocenters. The molecule has 0 aliphatic rings. The molecule has 0 aliphatic heterocycles. The van der Waals surface area contributed by atoms with E-state index in [2.05, 4.69) is 5.32 Å². The van der Waals surface area contributed by atoms with Crippen molar-refractivity contribution in [3.05, 3.63) is 58.9 Å². The Bertz CT molecular complexity index is 515. The summed E-state index contributed by atoms with van der Waals surface area (Å²) in [7, 11) is 0. The van der Waals surface area contributed by atoms with Crippen molar-refractivity contribution in [3.63, 3.8) is 0 Å². The molecule has 2 aromatic rings. The van der Waals surface area contributed by atoms with Gasteiger partial charge in [0.05, 0.1) is 0 Å². The summed E-state index contributed by atoms with van der Waals surface area (Å²) < 4.78 is 13.4. The number of benzene rings is 2. The molecule has 2 nitrogen and oxygen atoms in total. The average Bonchev–Trinajstić information content (AvgIpc) is 2.35. The van der Waals surface area contributed by atoms with Crippen LogP contribution in [0, 0.1) is 19.7 Å². The number of hydrogen-bond donors (Lipinski definition) is 2. The van der Waals surface area contributed by atoms with Crippen molar-refractivity contribution in [3.8, 4) is 5.75 Å². The van der Waals surface area contributed by atoms with Crippen molar-refractivity contribution in [2.45, 2.75) is 20.4 Å². The summed E-state index contributed by atoms with van der Waals surface area (Å²) in [5.74, 6) is 0.0955. The molecule has 0 saturated heterocycles. The Morgan fingerprint density at radius 3 is 2.50 bits per heavy atom. The molecule has 0 spiro atoms. The van der Waals surface area contributed by atoms with E-state index >= 15 is 0 Å². The zero-order valence-electron chi connectivity index (χ0n) is 10.5. The third-order valence-corrected chi connectivity index (χ3v) is 2.93. The second-order valence-corrected chi connectivity index (χ2v) is 4.44. The van der Waals surface area contributed by atoms with Crippen molar-refractivity contribution in [1.82, 2.24) is 0 Å². The van der Waals surface area contributed by atoms with Crippen LogP contribution in [0.5, 0.6) is 5.75 Å². The predicted octanol–water partition coefficient (Wildman–Crippen LogP) is 3.76. The van der Waals surface area contributed by atoms with Gasteiger partial charge in [-0.05, 0) is 54.8 Å². The maximum Gasteiger partial charge on any atom is 0.126 e. The standard InChI is InChI=1S/C15H16FNO/c1-10-3-4-12(8-14(10)16)9-17-13-5-6-15(18)11(2)7-13/h3-8,17-18H,9H2,1-2H3. The van der Waals surface area contributed by atoms with E-state index in [-0.39, 0.29) is 11.6 Å². The fourth-order valence-electron chi connectivity index (χ4n) is 1.72. The van der Waals surface area contributed by atoms with Crippen LogP contribution in [-0.4, -0.2) is 5.11 Å². The Morgan fingerprint density at radius 1 is 1.06 bits per heavy atom. The highest BCUT2D eigenvalue weighted by molar-refractivity contribution is 5.50. The number of anilines is 1. The molecular formula is C15H16FNO. The molecule has 94 valence electrons. The molecule has 2 N–H and O–H groups in total. The number of phenolic OH excluding ortho intramolecular Hbond substituents is 1. The van der Waals surface area contributed by atoms with Crippen molar-refractivity contribution in [2.24, 2.45) is 0 Å². The van der Waals surface area contributed by atoms with E-state index in [1.165, 1.54) is 6.07 Å². The highest BCUT2D eigenvalue weighted by Gasteiger charge is 2.01. The second kappa shape index (κ2) is 5.08. The smallest absolute Gasteiger partial charge is 0.126 e. The molecule has 0 heterocycles. The zero-order valence-corrected chi connectivity index (χ0v) is 10.5. The van der Waals surface area contributed by atoms with Crippen LogP contribution in [0.4, 0.5) is 10.1 Å². The molecule has 0 aromatic heterocycles. The Balaban J connectivity index is 2.06. The number of hydrogen-bond acceptors (Lipinski definition) is 2. The van der Waals surface area contributed by atoms with Gasteiger partial charge in [0.25, 0.3) is 0 Å². The van der Waals surface area contributed by atoms with E-state index in [1.807, 2.05) is 19.1 Å². The normalized spacial score (nSPS) is 10.4. The van der Waals surface area contributed by atoms with Crippen LogP contribution in [0.3, 0.4) is 0 Å². The van der Waals surface area contributed by atoms with Crippen molar-refractivity contribution >= 4 is 5.69 Å². The first-order valence-corrected chi connectivity index (χ1v) is 5.85. The van der Waals surface area contributed by atoms with Crippen LogP contribution in [0.1, 0.15) is 16.7 Å². The first-order chi connectivity index (χ1) is 8.56. The van der Waals surface area contributed by atoms with Gasteiger partial charge in [0.2, 0.25) is 0 Å². The van der Waals surface area contributed by atoms with Gasteiger partial charge in [-0.25, -0.2) is 4.39 Å². The molecule has 3 heteroatoms. The van der Waals surface area contributed by atoms with Gasteiger partial charge in [-0.2, -0.15) is 0 Å². The van der Waals surface area contributed by atoms with Crippen LogP contribution in [-0.2, 0) is 6.54 Å². The van der Waals surface area contributed by atoms with Crippen LogP contribution in [0.25, 0.3) is 0 Å². The number of rotatable bonds is 3. The van der Waals surface area contributed by atoms with Crippen molar-refractivity contribution < 1.29 is 9.50 Å². The Labute approximate surface area is 106 Å². The maximum atomic E-state index is 13.4. The molecule has 0 fully saturated rings. The molecule has 0 aliphatic carbocycles. The fourth-order valence-corrected chi connectivity index (χ4v) is 1.72. The van der Waals surface area contributed by atoms with Crippen molar-refractivity contribution in [1.29, 1.82) is 0 Å². The largest absolute Gasteiger partial charge is 0.508 e. The van der Waals surface area contributed by atoms with Crippen molar-refractivity contribution in [2.75, 3.05) is 5.32 Å². The maximum absolute atomic E-state index is 13.4. The summed E-state index contributed by atoms with van der Waals surface area (Å²) in [6, 6.07) is 10.5. The predicted molar refractivity (Wildman–Crippen MR) is 71.3 cm³/mol. The van der Waals surface area contributed by atoms with Gasteiger partial charge in [0.1, 0.15) is 11.6 Å². The van der Waals surface area contributed by atoms with Crippen LogP contribution < -0.4 is 5.32 Å². The minimum absolute atomic E-state index is 0.184. The molecule has 0 amide bonds. The van der Waals surface area contributed by atoms with Gasteiger partial charge in [0.15, 0.2) is 0 Å². The van der Waals surface area contributed by atoms with E-state index in [4.69, 9.17) is 0 Å². The molecule has 2 rings (SSSR count). The molecule has 0 radical (unpaired) electrons. The number of nitrogens with one attached hydrogen (secondary N) is 1. The average molecular weight is 245 g/mol. The topological polar surface area (TPSA) is 32.3 Å². The van der Waals surface area contributed by atoms with Gasteiger partial charge in [-0.15, -0.1) is 0 Å². The molecule has 0 saturated carbocycles. The Morgan fingerprint density at radius 2 is 1.83 bits per heavy atom. The summed E-state index contributed by atoms with van der Waals surface area (Å²) in [5, 5.41) is 12.6. The quantitative estimate of drug-likeness (QED) is 0.807. The van der Waals surface area contributed by atoms with Gasteiger partial charge < -0.3 is 10.4 Å².